The molecule has 2 rings (SSSR count). The molecule has 1 aromatic heterocycles. The summed E-state index contributed by atoms with van der Waals surface area (Å²) in [4.78, 5) is 16.0. The van der Waals surface area contributed by atoms with Gasteiger partial charge in [-0.1, -0.05) is 0 Å². The first-order chi connectivity index (χ1) is 6.70. The summed E-state index contributed by atoms with van der Waals surface area (Å²) in [7, 11) is 0. The molecule has 1 amide bonds. The van der Waals surface area contributed by atoms with Gasteiger partial charge in [0.15, 0.2) is 0 Å². The van der Waals surface area contributed by atoms with Crippen LogP contribution in [-0.2, 0) is 17.8 Å². The number of alkyl halides is 1. The van der Waals surface area contributed by atoms with Gasteiger partial charge in [-0.15, -0.1) is 22.9 Å². The summed E-state index contributed by atoms with van der Waals surface area (Å²) >= 11 is 7.37. The van der Waals surface area contributed by atoms with E-state index in [4.69, 9.17) is 11.6 Å². The standard InChI is InChI=1S/C10H12ClNOS/c1-7-4-8-6-12(10(13)5-11)3-2-9(8)14-7/h4H,2-3,5-6H2,1H3. The van der Waals surface area contributed by atoms with E-state index in [1.54, 1.807) is 0 Å². The zero-order chi connectivity index (χ0) is 10.1. The summed E-state index contributed by atoms with van der Waals surface area (Å²) in [5, 5.41) is 0. The molecule has 76 valence electrons. The minimum absolute atomic E-state index is 0.0427. The highest BCUT2D eigenvalue weighted by Crippen LogP contribution is 2.27. The van der Waals surface area contributed by atoms with Crippen molar-refractivity contribution < 1.29 is 4.79 Å². The average molecular weight is 230 g/mol. The minimum atomic E-state index is 0.0427. The summed E-state index contributed by atoms with van der Waals surface area (Å²) < 4.78 is 0. The molecule has 0 bridgehead atoms. The molecule has 2 heterocycles. The number of rotatable bonds is 1. The Bertz CT molecular complexity index is 361. The molecule has 1 aromatic rings. The maximum Gasteiger partial charge on any atom is 0.237 e. The second-order valence-electron chi connectivity index (χ2n) is 3.50. The first-order valence-electron chi connectivity index (χ1n) is 4.62. The number of aryl methyl sites for hydroxylation is 1. The Morgan fingerprint density at radius 1 is 1.71 bits per heavy atom. The van der Waals surface area contributed by atoms with Gasteiger partial charge in [0.1, 0.15) is 5.88 Å². The van der Waals surface area contributed by atoms with Crippen molar-refractivity contribution in [2.45, 2.75) is 19.9 Å². The molecule has 0 N–H and O–H groups in total. The Morgan fingerprint density at radius 3 is 3.21 bits per heavy atom. The van der Waals surface area contributed by atoms with Crippen LogP contribution in [0.2, 0.25) is 0 Å². The van der Waals surface area contributed by atoms with Crippen LogP contribution in [0.4, 0.5) is 0 Å². The number of amides is 1. The van der Waals surface area contributed by atoms with Crippen molar-refractivity contribution in [3.63, 3.8) is 0 Å². The lowest BCUT2D eigenvalue weighted by Gasteiger charge is -2.26. The van der Waals surface area contributed by atoms with E-state index < -0.39 is 0 Å². The molecule has 1 aliphatic heterocycles. The van der Waals surface area contributed by atoms with E-state index in [0.717, 1.165) is 19.5 Å². The highest BCUT2D eigenvalue weighted by molar-refractivity contribution is 7.12. The molecular formula is C10H12ClNOS. The fourth-order valence-electron chi connectivity index (χ4n) is 1.78. The highest BCUT2D eigenvalue weighted by Gasteiger charge is 2.21. The van der Waals surface area contributed by atoms with E-state index in [0.29, 0.717) is 0 Å². The Balaban J connectivity index is 2.16. The third kappa shape index (κ3) is 1.79. The van der Waals surface area contributed by atoms with Crippen LogP contribution in [0.5, 0.6) is 0 Å². The van der Waals surface area contributed by atoms with Crippen LogP contribution < -0.4 is 0 Å². The summed E-state index contributed by atoms with van der Waals surface area (Å²) in [6.45, 7) is 3.67. The molecule has 0 radical (unpaired) electrons. The van der Waals surface area contributed by atoms with Gasteiger partial charge in [-0.25, -0.2) is 0 Å². The predicted octanol–water partition coefficient (Wildman–Crippen LogP) is 2.18. The number of nitrogens with zero attached hydrogens (tertiary/aromatic N) is 1. The van der Waals surface area contributed by atoms with Crippen molar-refractivity contribution >= 4 is 28.8 Å². The van der Waals surface area contributed by atoms with Gasteiger partial charge in [-0.3, -0.25) is 4.79 Å². The van der Waals surface area contributed by atoms with E-state index in [1.165, 1.54) is 15.3 Å². The lowest BCUT2D eigenvalue weighted by molar-refractivity contribution is -0.129. The van der Waals surface area contributed by atoms with Crippen LogP contribution in [0.25, 0.3) is 0 Å². The molecule has 0 saturated carbocycles. The largest absolute Gasteiger partial charge is 0.337 e. The number of fused-ring (bicyclic) bond motifs is 1. The number of halogens is 1. The van der Waals surface area contributed by atoms with Crippen molar-refractivity contribution in [3.8, 4) is 0 Å². The van der Waals surface area contributed by atoms with Crippen LogP contribution >= 0.6 is 22.9 Å². The molecular weight excluding hydrogens is 218 g/mol. The zero-order valence-corrected chi connectivity index (χ0v) is 9.62. The maximum absolute atomic E-state index is 11.4. The molecule has 0 aliphatic carbocycles. The third-order valence-electron chi connectivity index (χ3n) is 2.46. The molecule has 14 heavy (non-hydrogen) atoms. The summed E-state index contributed by atoms with van der Waals surface area (Å²) in [6.07, 6.45) is 0.983. The number of hydrogen-bond acceptors (Lipinski definition) is 2. The summed E-state index contributed by atoms with van der Waals surface area (Å²) in [5.41, 5.74) is 1.30. The van der Waals surface area contributed by atoms with Crippen molar-refractivity contribution in [1.29, 1.82) is 0 Å². The maximum atomic E-state index is 11.4. The SMILES string of the molecule is Cc1cc2c(s1)CCN(C(=O)CCl)C2. The van der Waals surface area contributed by atoms with E-state index >= 15 is 0 Å². The van der Waals surface area contributed by atoms with Gasteiger partial charge in [0, 0.05) is 22.8 Å². The van der Waals surface area contributed by atoms with Crippen molar-refractivity contribution in [3.05, 3.63) is 21.4 Å². The number of hydrogen-bond donors (Lipinski definition) is 0. The van der Waals surface area contributed by atoms with Crippen LogP contribution in [0, 0.1) is 6.92 Å². The Morgan fingerprint density at radius 2 is 2.50 bits per heavy atom. The van der Waals surface area contributed by atoms with Gasteiger partial charge in [0.2, 0.25) is 5.91 Å². The monoisotopic (exact) mass is 229 g/mol. The lowest BCUT2D eigenvalue weighted by Crippen LogP contribution is -2.36. The topological polar surface area (TPSA) is 20.3 Å². The zero-order valence-electron chi connectivity index (χ0n) is 8.05. The quantitative estimate of drug-likeness (QED) is 0.676. The van der Waals surface area contributed by atoms with E-state index in [9.17, 15) is 4.79 Å². The van der Waals surface area contributed by atoms with Gasteiger partial charge in [-0.2, -0.15) is 0 Å². The first-order valence-corrected chi connectivity index (χ1v) is 5.97. The van der Waals surface area contributed by atoms with Gasteiger partial charge in [-0.05, 0) is 25.0 Å². The molecule has 1 aliphatic rings. The Kier molecular flexibility index (Phi) is 2.79. The third-order valence-corrected chi connectivity index (χ3v) is 3.84. The molecule has 2 nitrogen and oxygen atoms in total. The summed E-state index contributed by atoms with van der Waals surface area (Å²) in [6, 6.07) is 2.17. The van der Waals surface area contributed by atoms with E-state index in [2.05, 4.69) is 13.0 Å². The van der Waals surface area contributed by atoms with Crippen LogP contribution in [-0.4, -0.2) is 23.2 Å². The lowest BCUT2D eigenvalue weighted by atomic mass is 10.1. The van der Waals surface area contributed by atoms with Crippen LogP contribution in [0.3, 0.4) is 0 Å². The predicted molar refractivity (Wildman–Crippen MR) is 58.9 cm³/mol. The van der Waals surface area contributed by atoms with E-state index in [-0.39, 0.29) is 11.8 Å². The second-order valence-corrected chi connectivity index (χ2v) is 5.11. The van der Waals surface area contributed by atoms with Crippen molar-refractivity contribution in [1.82, 2.24) is 4.90 Å². The molecule has 0 unspecified atom stereocenters. The fraction of sp³-hybridized carbons (Fsp3) is 0.500. The second kappa shape index (κ2) is 3.91. The molecule has 0 atom stereocenters. The average Bonchev–Trinajstić information content (AvgIpc) is 2.55. The van der Waals surface area contributed by atoms with E-state index in [1.807, 2.05) is 16.2 Å². The molecule has 4 heteroatoms. The van der Waals surface area contributed by atoms with Crippen molar-refractivity contribution in [2.75, 3.05) is 12.4 Å². The molecule has 0 saturated heterocycles. The normalized spacial score (nSPS) is 15.4. The number of carbonyl (C=O) groups excluding carboxylic acids is 1. The molecule has 0 fully saturated rings. The first kappa shape index (κ1) is 9.99. The highest BCUT2D eigenvalue weighted by atomic mass is 35.5. The number of thiophene rings is 1. The van der Waals surface area contributed by atoms with Gasteiger partial charge in [0.25, 0.3) is 0 Å². The van der Waals surface area contributed by atoms with Gasteiger partial charge in [0.05, 0.1) is 0 Å². The summed E-state index contributed by atoms with van der Waals surface area (Å²) in [5.74, 6) is 0.138. The molecule has 0 aromatic carbocycles. The fourth-order valence-corrected chi connectivity index (χ4v) is 2.99. The van der Waals surface area contributed by atoms with Crippen LogP contribution in [0.1, 0.15) is 15.3 Å². The minimum Gasteiger partial charge on any atom is -0.337 e. The van der Waals surface area contributed by atoms with Crippen LogP contribution in [0.15, 0.2) is 6.07 Å². The smallest absolute Gasteiger partial charge is 0.237 e. The number of carbonyl (C=O) groups is 1. The Hall–Kier alpha value is -0.540. The Labute approximate surface area is 92.5 Å². The van der Waals surface area contributed by atoms with Crippen molar-refractivity contribution in [2.24, 2.45) is 0 Å². The van der Waals surface area contributed by atoms with Gasteiger partial charge < -0.3 is 4.90 Å². The van der Waals surface area contributed by atoms with Gasteiger partial charge >= 0.3 is 0 Å². The molecule has 0 spiro atoms.